The first kappa shape index (κ1) is 25.6. The molecule has 0 heterocycles. The molecule has 0 amide bonds. The summed E-state index contributed by atoms with van der Waals surface area (Å²) in [4.78, 5) is 45.2. The number of carbonyl (C=O) groups is 4. The van der Waals surface area contributed by atoms with Gasteiger partial charge < -0.3 is 24.1 Å². The number of esters is 3. The average molecular weight is 437 g/mol. The smallest absolute Gasteiger partial charge is 0.343 e. The minimum Gasteiger partial charge on any atom is -0.545 e. The summed E-state index contributed by atoms with van der Waals surface area (Å²) in [5, 5.41) is 10.6. The Morgan fingerprint density at radius 3 is 1.41 bits per heavy atom. The number of benzene rings is 2. The fraction of sp³-hybridized carbons (Fsp3) is 0.0833. The van der Waals surface area contributed by atoms with Crippen LogP contribution >= 0.6 is 0 Å². The summed E-state index contributed by atoms with van der Waals surface area (Å²) in [6.45, 7) is 10.3. The summed E-state index contributed by atoms with van der Waals surface area (Å²) in [6, 6.07) is 12.0. The maximum atomic E-state index is 11.7. The Hall–Kier alpha value is -4.46. The van der Waals surface area contributed by atoms with Crippen LogP contribution in [0.5, 0.6) is 0 Å². The summed E-state index contributed by atoms with van der Waals surface area (Å²) in [7, 11) is 0. The van der Waals surface area contributed by atoms with Crippen molar-refractivity contribution in [2.75, 3.05) is 13.2 Å². The highest BCUT2D eigenvalue weighted by atomic mass is 16.5. The molecule has 0 N–H and O–H groups in total. The molecule has 0 fully saturated rings. The van der Waals surface area contributed by atoms with Crippen LogP contribution in [0.2, 0.25) is 0 Å². The third-order valence-corrected chi connectivity index (χ3v) is 3.59. The Bertz CT molecular complexity index is 964. The SMILES string of the molecule is C=CCOC(=O)c1ccccc1C(=O)OCC=C.C=COC(=O)c1ccccc1C(=O)[O-]. The van der Waals surface area contributed by atoms with Gasteiger partial charge in [0.05, 0.1) is 28.9 Å². The molecule has 0 atom stereocenters. The number of ether oxygens (including phenoxy) is 3. The molecule has 0 aliphatic heterocycles. The monoisotopic (exact) mass is 437 g/mol. The maximum Gasteiger partial charge on any atom is 0.343 e. The lowest BCUT2D eigenvalue weighted by atomic mass is 10.1. The number of rotatable bonds is 9. The van der Waals surface area contributed by atoms with Gasteiger partial charge in [0.25, 0.3) is 0 Å². The first-order valence-corrected chi connectivity index (χ1v) is 9.14. The van der Waals surface area contributed by atoms with Crippen molar-refractivity contribution in [1.29, 1.82) is 0 Å². The zero-order valence-electron chi connectivity index (χ0n) is 17.2. The highest BCUT2D eigenvalue weighted by Gasteiger charge is 2.18. The molecule has 2 rings (SSSR count). The minimum absolute atomic E-state index is 0.0487. The molecule has 166 valence electrons. The molecular formula is C24H21O8-. The van der Waals surface area contributed by atoms with Crippen LogP contribution in [0.1, 0.15) is 41.4 Å². The van der Waals surface area contributed by atoms with Crippen molar-refractivity contribution in [3.8, 4) is 0 Å². The van der Waals surface area contributed by atoms with Crippen LogP contribution in [-0.2, 0) is 14.2 Å². The normalized spacial score (nSPS) is 9.25. The van der Waals surface area contributed by atoms with Crippen molar-refractivity contribution < 1.29 is 38.5 Å². The second-order valence-corrected chi connectivity index (χ2v) is 5.72. The zero-order chi connectivity index (χ0) is 23.9. The van der Waals surface area contributed by atoms with Crippen molar-refractivity contribution in [3.63, 3.8) is 0 Å². The summed E-state index contributed by atoms with van der Waals surface area (Å²) in [5.41, 5.74) is 0.105. The van der Waals surface area contributed by atoms with E-state index in [1.807, 2.05) is 0 Å². The minimum atomic E-state index is -1.42. The Kier molecular flexibility index (Phi) is 11.0. The van der Waals surface area contributed by atoms with Gasteiger partial charge in [0, 0.05) is 5.56 Å². The van der Waals surface area contributed by atoms with Crippen molar-refractivity contribution >= 4 is 23.9 Å². The van der Waals surface area contributed by atoms with Gasteiger partial charge in [0.1, 0.15) is 13.2 Å². The van der Waals surface area contributed by atoms with Gasteiger partial charge in [-0.05, 0) is 18.2 Å². The molecule has 0 spiro atoms. The Morgan fingerprint density at radius 1 is 0.688 bits per heavy atom. The molecule has 0 aromatic heterocycles. The predicted octanol–water partition coefficient (Wildman–Crippen LogP) is 2.72. The van der Waals surface area contributed by atoms with E-state index in [9.17, 15) is 24.3 Å². The third kappa shape index (κ3) is 7.75. The van der Waals surface area contributed by atoms with E-state index in [0.29, 0.717) is 0 Å². The van der Waals surface area contributed by atoms with Gasteiger partial charge in [0.15, 0.2) is 0 Å². The molecule has 2 aromatic rings. The molecule has 0 aliphatic rings. The maximum absolute atomic E-state index is 11.7. The van der Waals surface area contributed by atoms with Crippen molar-refractivity contribution in [3.05, 3.63) is 109 Å². The molecule has 2 aromatic carbocycles. The molecule has 0 saturated carbocycles. The van der Waals surface area contributed by atoms with Crippen LogP contribution in [0.4, 0.5) is 0 Å². The van der Waals surface area contributed by atoms with Gasteiger partial charge in [-0.3, -0.25) is 0 Å². The third-order valence-electron chi connectivity index (χ3n) is 3.59. The number of aromatic carboxylic acids is 1. The topological polar surface area (TPSA) is 119 Å². The van der Waals surface area contributed by atoms with E-state index in [4.69, 9.17) is 9.47 Å². The summed E-state index contributed by atoms with van der Waals surface area (Å²) >= 11 is 0. The quantitative estimate of drug-likeness (QED) is 0.254. The van der Waals surface area contributed by atoms with Crippen LogP contribution in [0, 0.1) is 0 Å². The predicted molar refractivity (Wildman–Crippen MR) is 114 cm³/mol. The van der Waals surface area contributed by atoms with E-state index in [2.05, 4.69) is 24.5 Å². The van der Waals surface area contributed by atoms with E-state index < -0.39 is 23.9 Å². The highest BCUT2D eigenvalue weighted by molar-refractivity contribution is 6.03. The molecule has 0 radical (unpaired) electrons. The molecule has 32 heavy (non-hydrogen) atoms. The van der Waals surface area contributed by atoms with Gasteiger partial charge in [0.2, 0.25) is 0 Å². The fourth-order valence-electron chi connectivity index (χ4n) is 2.24. The van der Waals surface area contributed by atoms with E-state index >= 15 is 0 Å². The molecule has 0 aliphatic carbocycles. The molecule has 0 unspecified atom stereocenters. The fourth-order valence-corrected chi connectivity index (χ4v) is 2.24. The molecule has 8 heteroatoms. The standard InChI is InChI=1S/C14H14O4.C10H8O4/c1-3-9-17-13(15)11-7-5-6-8-12(11)14(16)18-10-4-2;1-2-14-10(13)8-6-4-3-5-7(8)9(11)12/h3-8H,1-2,9-10H2;2-6H,1H2,(H,11,12)/p-1. The summed E-state index contributed by atoms with van der Waals surface area (Å²) in [6.07, 6.45) is 3.85. The number of carboxylic acid groups (broad SMARTS) is 1. The summed E-state index contributed by atoms with van der Waals surface area (Å²) in [5.74, 6) is -3.34. The highest BCUT2D eigenvalue weighted by Crippen LogP contribution is 2.12. The molecule has 8 nitrogen and oxygen atoms in total. The lowest BCUT2D eigenvalue weighted by molar-refractivity contribution is -0.255. The number of carboxylic acids is 1. The molecule has 0 saturated heterocycles. The Morgan fingerprint density at radius 2 is 1.06 bits per heavy atom. The molecule has 0 bridgehead atoms. The van der Waals surface area contributed by atoms with Crippen LogP contribution < -0.4 is 5.11 Å². The van der Waals surface area contributed by atoms with E-state index in [1.54, 1.807) is 12.1 Å². The first-order valence-electron chi connectivity index (χ1n) is 9.14. The van der Waals surface area contributed by atoms with Crippen molar-refractivity contribution in [1.82, 2.24) is 0 Å². The first-order chi connectivity index (χ1) is 15.4. The zero-order valence-corrected chi connectivity index (χ0v) is 17.2. The van der Waals surface area contributed by atoms with E-state index in [1.165, 1.54) is 48.6 Å². The van der Waals surface area contributed by atoms with Gasteiger partial charge in [-0.15, -0.1) is 0 Å². The van der Waals surface area contributed by atoms with Crippen LogP contribution in [0.25, 0.3) is 0 Å². The van der Waals surface area contributed by atoms with Gasteiger partial charge >= 0.3 is 17.9 Å². The largest absolute Gasteiger partial charge is 0.545 e. The number of hydrogen-bond donors (Lipinski definition) is 0. The van der Waals surface area contributed by atoms with E-state index in [0.717, 1.165) is 6.26 Å². The average Bonchev–Trinajstić information content (AvgIpc) is 2.81. The van der Waals surface area contributed by atoms with Crippen molar-refractivity contribution in [2.45, 2.75) is 0 Å². The van der Waals surface area contributed by atoms with Gasteiger partial charge in [-0.25, -0.2) is 14.4 Å². The molecular weight excluding hydrogens is 416 g/mol. The van der Waals surface area contributed by atoms with Gasteiger partial charge in [-0.2, -0.15) is 0 Å². The Balaban J connectivity index is 0.000000330. The number of hydrogen-bond acceptors (Lipinski definition) is 8. The van der Waals surface area contributed by atoms with Crippen LogP contribution in [0.15, 0.2) is 86.7 Å². The Labute approximate surface area is 185 Å². The second-order valence-electron chi connectivity index (χ2n) is 5.72. The van der Waals surface area contributed by atoms with E-state index in [-0.39, 0.29) is 35.5 Å². The lowest BCUT2D eigenvalue weighted by Gasteiger charge is -2.07. The lowest BCUT2D eigenvalue weighted by Crippen LogP contribution is -2.25. The van der Waals surface area contributed by atoms with Crippen LogP contribution in [0.3, 0.4) is 0 Å². The van der Waals surface area contributed by atoms with Crippen LogP contribution in [-0.4, -0.2) is 37.1 Å². The number of carbonyl (C=O) groups excluding carboxylic acids is 4. The summed E-state index contributed by atoms with van der Waals surface area (Å²) < 4.78 is 14.2. The van der Waals surface area contributed by atoms with Crippen molar-refractivity contribution in [2.24, 2.45) is 0 Å². The van der Waals surface area contributed by atoms with Gasteiger partial charge in [-0.1, -0.05) is 62.2 Å². The second kappa shape index (κ2) is 13.7.